The Kier molecular flexibility index (Phi) is 3.27. The first-order chi connectivity index (χ1) is 9.15. The van der Waals surface area contributed by atoms with E-state index < -0.39 is 5.82 Å². The van der Waals surface area contributed by atoms with Crippen LogP contribution < -0.4 is 11.1 Å². The van der Waals surface area contributed by atoms with Crippen molar-refractivity contribution in [2.75, 3.05) is 0 Å². The first-order valence-electron chi connectivity index (χ1n) is 7.01. The second-order valence-corrected chi connectivity index (χ2v) is 5.70. The third-order valence-electron chi connectivity index (χ3n) is 4.19. The summed E-state index contributed by atoms with van der Waals surface area (Å²) in [5.74, 6) is -0.451. The summed E-state index contributed by atoms with van der Waals surface area (Å²) in [6, 6.07) is 5.15. The summed E-state index contributed by atoms with van der Waals surface area (Å²) in [7, 11) is 0. The molecule has 0 saturated heterocycles. The molecule has 0 aromatic heterocycles. The van der Waals surface area contributed by atoms with Gasteiger partial charge in [-0.1, -0.05) is 18.9 Å². The van der Waals surface area contributed by atoms with E-state index in [1.54, 1.807) is 12.1 Å². The van der Waals surface area contributed by atoms with Crippen molar-refractivity contribution >= 4 is 5.91 Å². The van der Waals surface area contributed by atoms with Crippen LogP contribution in [0.5, 0.6) is 0 Å². The van der Waals surface area contributed by atoms with Crippen LogP contribution in [0.15, 0.2) is 18.2 Å². The standard InChI is InChI=1S/C15H19FN2O/c16-13-6-5-9(11-8-14(11)17)7-12(13)15(19)18-10-3-1-2-4-10/h5-7,10-11,14H,1-4,8,17H2,(H,18,19)/t11-,14+/m0/s1. The van der Waals surface area contributed by atoms with E-state index in [0.29, 0.717) is 5.92 Å². The van der Waals surface area contributed by atoms with Gasteiger partial charge >= 0.3 is 0 Å². The molecule has 2 saturated carbocycles. The molecule has 0 unspecified atom stereocenters. The van der Waals surface area contributed by atoms with Gasteiger partial charge in [0, 0.05) is 18.0 Å². The zero-order chi connectivity index (χ0) is 13.4. The molecule has 102 valence electrons. The van der Waals surface area contributed by atoms with Gasteiger partial charge in [-0.3, -0.25) is 4.79 Å². The van der Waals surface area contributed by atoms with E-state index in [-0.39, 0.29) is 23.6 Å². The predicted molar refractivity (Wildman–Crippen MR) is 71.5 cm³/mol. The minimum absolute atomic E-state index is 0.156. The molecule has 19 heavy (non-hydrogen) atoms. The minimum atomic E-state index is -0.450. The average Bonchev–Trinajstić information content (AvgIpc) is 2.89. The van der Waals surface area contributed by atoms with Crippen LogP contribution in [0, 0.1) is 5.82 Å². The van der Waals surface area contributed by atoms with Gasteiger partial charge in [0.05, 0.1) is 5.56 Å². The summed E-state index contributed by atoms with van der Waals surface area (Å²) < 4.78 is 13.8. The van der Waals surface area contributed by atoms with Gasteiger partial charge in [0.15, 0.2) is 0 Å². The van der Waals surface area contributed by atoms with Crippen LogP contribution in [0.25, 0.3) is 0 Å². The van der Waals surface area contributed by atoms with Gasteiger partial charge in [-0.25, -0.2) is 4.39 Å². The van der Waals surface area contributed by atoms with Crippen LogP contribution >= 0.6 is 0 Å². The first-order valence-corrected chi connectivity index (χ1v) is 7.01. The highest BCUT2D eigenvalue weighted by Crippen LogP contribution is 2.39. The lowest BCUT2D eigenvalue weighted by atomic mass is 10.1. The molecule has 0 bridgehead atoms. The van der Waals surface area contributed by atoms with Crippen molar-refractivity contribution in [3.05, 3.63) is 35.1 Å². The number of rotatable bonds is 3. The lowest BCUT2D eigenvalue weighted by Crippen LogP contribution is -2.33. The number of nitrogens with one attached hydrogen (secondary N) is 1. The highest BCUT2D eigenvalue weighted by atomic mass is 19.1. The molecule has 1 amide bonds. The van der Waals surface area contributed by atoms with Gasteiger partial charge in [-0.15, -0.1) is 0 Å². The van der Waals surface area contributed by atoms with Crippen LogP contribution in [-0.2, 0) is 0 Å². The molecular weight excluding hydrogens is 243 g/mol. The molecule has 0 heterocycles. The summed E-state index contributed by atoms with van der Waals surface area (Å²) in [6.45, 7) is 0. The highest BCUT2D eigenvalue weighted by molar-refractivity contribution is 5.94. The maximum absolute atomic E-state index is 13.8. The second kappa shape index (κ2) is 4.93. The zero-order valence-corrected chi connectivity index (χ0v) is 10.9. The molecule has 2 aliphatic carbocycles. The van der Waals surface area contributed by atoms with Gasteiger partial charge < -0.3 is 11.1 Å². The lowest BCUT2D eigenvalue weighted by Gasteiger charge is -2.13. The number of amides is 1. The Balaban J connectivity index is 1.76. The molecule has 3 rings (SSSR count). The first kappa shape index (κ1) is 12.6. The Morgan fingerprint density at radius 2 is 2.00 bits per heavy atom. The van der Waals surface area contributed by atoms with Crippen molar-refractivity contribution in [1.29, 1.82) is 0 Å². The Morgan fingerprint density at radius 1 is 1.32 bits per heavy atom. The van der Waals surface area contributed by atoms with E-state index in [4.69, 9.17) is 5.73 Å². The van der Waals surface area contributed by atoms with Crippen molar-refractivity contribution in [3.8, 4) is 0 Å². The maximum atomic E-state index is 13.8. The van der Waals surface area contributed by atoms with Crippen LogP contribution in [0.1, 0.15) is 53.9 Å². The number of nitrogens with two attached hydrogens (primary N) is 1. The fourth-order valence-corrected chi connectivity index (χ4v) is 2.88. The van der Waals surface area contributed by atoms with Crippen molar-refractivity contribution in [1.82, 2.24) is 5.32 Å². The van der Waals surface area contributed by atoms with E-state index in [1.807, 2.05) is 0 Å². The smallest absolute Gasteiger partial charge is 0.254 e. The fourth-order valence-electron chi connectivity index (χ4n) is 2.88. The number of halogens is 1. The Morgan fingerprint density at radius 3 is 2.63 bits per heavy atom. The monoisotopic (exact) mass is 262 g/mol. The Hall–Kier alpha value is -1.42. The van der Waals surface area contributed by atoms with Gasteiger partial charge in [-0.05, 0) is 37.0 Å². The van der Waals surface area contributed by atoms with E-state index in [0.717, 1.165) is 37.7 Å². The van der Waals surface area contributed by atoms with Crippen LogP contribution in [0.2, 0.25) is 0 Å². The van der Waals surface area contributed by atoms with Gasteiger partial charge in [0.25, 0.3) is 5.91 Å². The third-order valence-corrected chi connectivity index (χ3v) is 4.19. The molecule has 0 spiro atoms. The average molecular weight is 262 g/mol. The Bertz CT molecular complexity index is 497. The van der Waals surface area contributed by atoms with Crippen molar-refractivity contribution < 1.29 is 9.18 Å². The summed E-state index contributed by atoms with van der Waals surface area (Å²) >= 11 is 0. The van der Waals surface area contributed by atoms with Crippen LogP contribution in [-0.4, -0.2) is 18.0 Å². The molecule has 4 heteroatoms. The van der Waals surface area contributed by atoms with E-state index in [2.05, 4.69) is 5.32 Å². The molecule has 1 aromatic carbocycles. The lowest BCUT2D eigenvalue weighted by molar-refractivity contribution is 0.0933. The molecule has 3 N–H and O–H groups in total. The molecule has 2 aliphatic rings. The summed E-state index contributed by atoms with van der Waals surface area (Å²) in [5.41, 5.74) is 6.93. The number of hydrogen-bond acceptors (Lipinski definition) is 2. The van der Waals surface area contributed by atoms with E-state index in [9.17, 15) is 9.18 Å². The number of benzene rings is 1. The van der Waals surface area contributed by atoms with E-state index in [1.165, 1.54) is 6.07 Å². The SMILES string of the molecule is N[C@@H]1C[C@H]1c1ccc(F)c(C(=O)NC2CCCC2)c1. The van der Waals surface area contributed by atoms with E-state index >= 15 is 0 Å². The predicted octanol–water partition coefficient (Wildman–Crippen LogP) is 2.31. The number of carbonyl (C=O) groups excluding carboxylic acids is 1. The minimum Gasteiger partial charge on any atom is -0.349 e. The Labute approximate surface area is 112 Å². The molecule has 1 aromatic rings. The van der Waals surface area contributed by atoms with Gasteiger partial charge in [-0.2, -0.15) is 0 Å². The summed E-state index contributed by atoms with van der Waals surface area (Å²) in [6.07, 6.45) is 5.21. The summed E-state index contributed by atoms with van der Waals surface area (Å²) in [5, 5.41) is 2.92. The van der Waals surface area contributed by atoms with Gasteiger partial charge in [0.2, 0.25) is 0 Å². The molecule has 3 nitrogen and oxygen atoms in total. The maximum Gasteiger partial charge on any atom is 0.254 e. The number of hydrogen-bond donors (Lipinski definition) is 2. The second-order valence-electron chi connectivity index (χ2n) is 5.70. The van der Waals surface area contributed by atoms with Crippen molar-refractivity contribution in [2.45, 2.75) is 50.1 Å². The van der Waals surface area contributed by atoms with Crippen LogP contribution in [0.4, 0.5) is 4.39 Å². The molecular formula is C15H19FN2O. The largest absolute Gasteiger partial charge is 0.349 e. The fraction of sp³-hybridized carbons (Fsp3) is 0.533. The molecule has 0 radical (unpaired) electrons. The van der Waals surface area contributed by atoms with Crippen LogP contribution in [0.3, 0.4) is 0 Å². The zero-order valence-electron chi connectivity index (χ0n) is 10.9. The molecule has 2 fully saturated rings. The topological polar surface area (TPSA) is 55.1 Å². The normalized spacial score (nSPS) is 26.4. The number of carbonyl (C=O) groups is 1. The highest BCUT2D eigenvalue weighted by Gasteiger charge is 2.35. The van der Waals surface area contributed by atoms with Crippen molar-refractivity contribution in [3.63, 3.8) is 0 Å². The quantitative estimate of drug-likeness (QED) is 0.878. The third kappa shape index (κ3) is 2.63. The molecule has 2 atom stereocenters. The van der Waals surface area contributed by atoms with Gasteiger partial charge in [0.1, 0.15) is 5.82 Å². The van der Waals surface area contributed by atoms with Crippen molar-refractivity contribution in [2.24, 2.45) is 5.73 Å². The molecule has 0 aliphatic heterocycles. The summed E-state index contributed by atoms with van der Waals surface area (Å²) in [4.78, 5) is 12.1.